The average molecular weight is 403 g/mol. The molecular weight excluding hydrogens is 376 g/mol. The maximum atomic E-state index is 12.6. The van der Waals surface area contributed by atoms with Crippen molar-refractivity contribution in [2.24, 2.45) is 0 Å². The third-order valence-electron chi connectivity index (χ3n) is 3.94. The number of hydrogen-bond donors (Lipinski definition) is 2. The Bertz CT molecular complexity index is 826. The number of amides is 2. The molecule has 0 saturated heterocycles. The molecule has 1 unspecified atom stereocenters. The van der Waals surface area contributed by atoms with E-state index in [1.165, 1.54) is 11.8 Å². The second-order valence-corrected chi connectivity index (χ2v) is 7.56. The standard InChI is InChI=1S/C21H26N2O4S/c1-5-7-20(24)22-15-8-6-9-17(12-15)28-14(2)21(25)23-18-13-16(26-3)10-11-19(18)27-4/h6,8-14H,5,7H2,1-4H3,(H,22,24)(H,23,25). The van der Waals surface area contributed by atoms with E-state index in [1.54, 1.807) is 32.4 Å². The van der Waals surface area contributed by atoms with Gasteiger partial charge in [0.15, 0.2) is 0 Å². The molecule has 28 heavy (non-hydrogen) atoms. The Balaban J connectivity index is 2.04. The number of carbonyl (C=O) groups excluding carboxylic acids is 2. The lowest BCUT2D eigenvalue weighted by Gasteiger charge is -2.15. The third-order valence-corrected chi connectivity index (χ3v) is 5.04. The summed E-state index contributed by atoms with van der Waals surface area (Å²) in [7, 11) is 3.12. The van der Waals surface area contributed by atoms with Crippen molar-refractivity contribution in [3.63, 3.8) is 0 Å². The maximum Gasteiger partial charge on any atom is 0.237 e. The SMILES string of the molecule is CCCC(=O)Nc1cccc(SC(C)C(=O)Nc2cc(OC)ccc2OC)c1. The van der Waals surface area contributed by atoms with Crippen molar-refractivity contribution in [2.75, 3.05) is 24.9 Å². The summed E-state index contributed by atoms with van der Waals surface area (Å²) in [5, 5.41) is 5.41. The lowest BCUT2D eigenvalue weighted by atomic mass is 10.2. The van der Waals surface area contributed by atoms with Crippen LogP contribution in [-0.4, -0.2) is 31.3 Å². The lowest BCUT2D eigenvalue weighted by molar-refractivity contribution is -0.116. The molecule has 0 saturated carbocycles. The summed E-state index contributed by atoms with van der Waals surface area (Å²) in [5.74, 6) is 1.02. The van der Waals surface area contributed by atoms with Crippen LogP contribution in [0.1, 0.15) is 26.7 Å². The summed E-state index contributed by atoms with van der Waals surface area (Å²) < 4.78 is 10.5. The van der Waals surface area contributed by atoms with Crippen molar-refractivity contribution in [3.05, 3.63) is 42.5 Å². The minimum Gasteiger partial charge on any atom is -0.497 e. The van der Waals surface area contributed by atoms with Crippen molar-refractivity contribution in [1.29, 1.82) is 0 Å². The van der Waals surface area contributed by atoms with Crippen LogP contribution in [0.25, 0.3) is 0 Å². The van der Waals surface area contributed by atoms with E-state index in [-0.39, 0.29) is 17.1 Å². The normalized spacial score (nSPS) is 11.4. The van der Waals surface area contributed by atoms with Crippen LogP contribution in [-0.2, 0) is 9.59 Å². The maximum absolute atomic E-state index is 12.6. The highest BCUT2D eigenvalue weighted by Crippen LogP contribution is 2.31. The molecule has 6 nitrogen and oxygen atoms in total. The van der Waals surface area contributed by atoms with Gasteiger partial charge in [-0.15, -0.1) is 11.8 Å². The molecule has 2 aromatic carbocycles. The van der Waals surface area contributed by atoms with E-state index >= 15 is 0 Å². The zero-order valence-corrected chi connectivity index (χ0v) is 17.4. The van der Waals surface area contributed by atoms with Gasteiger partial charge < -0.3 is 20.1 Å². The summed E-state index contributed by atoms with van der Waals surface area (Å²) in [4.78, 5) is 25.3. The van der Waals surface area contributed by atoms with E-state index in [2.05, 4.69) is 10.6 Å². The topological polar surface area (TPSA) is 76.7 Å². The predicted octanol–water partition coefficient (Wildman–Crippen LogP) is 4.56. The van der Waals surface area contributed by atoms with E-state index in [4.69, 9.17) is 9.47 Å². The van der Waals surface area contributed by atoms with E-state index in [9.17, 15) is 9.59 Å². The van der Waals surface area contributed by atoms with Gasteiger partial charge in [-0.2, -0.15) is 0 Å². The van der Waals surface area contributed by atoms with Gasteiger partial charge in [0.05, 0.1) is 25.2 Å². The average Bonchev–Trinajstić information content (AvgIpc) is 2.68. The third kappa shape index (κ3) is 6.20. The van der Waals surface area contributed by atoms with Crippen molar-refractivity contribution in [1.82, 2.24) is 0 Å². The molecular formula is C21H26N2O4S. The molecule has 2 rings (SSSR count). The minimum atomic E-state index is -0.350. The Morgan fingerprint density at radius 1 is 1.07 bits per heavy atom. The number of anilines is 2. The molecule has 1 atom stereocenters. The molecule has 0 fully saturated rings. The number of methoxy groups -OCH3 is 2. The fourth-order valence-corrected chi connectivity index (χ4v) is 3.43. The van der Waals surface area contributed by atoms with Gasteiger partial charge >= 0.3 is 0 Å². The highest BCUT2D eigenvalue weighted by atomic mass is 32.2. The molecule has 2 amide bonds. The first-order valence-electron chi connectivity index (χ1n) is 9.06. The fraction of sp³-hybridized carbons (Fsp3) is 0.333. The lowest BCUT2D eigenvalue weighted by Crippen LogP contribution is -2.22. The minimum absolute atomic E-state index is 0.0134. The van der Waals surface area contributed by atoms with Gasteiger partial charge in [0.1, 0.15) is 11.5 Å². The molecule has 0 aromatic heterocycles. The zero-order chi connectivity index (χ0) is 20.5. The van der Waals surface area contributed by atoms with Gasteiger partial charge in [0.25, 0.3) is 0 Å². The number of rotatable bonds is 9. The number of thioether (sulfide) groups is 1. The second-order valence-electron chi connectivity index (χ2n) is 6.14. The summed E-state index contributed by atoms with van der Waals surface area (Å²) >= 11 is 1.41. The van der Waals surface area contributed by atoms with E-state index in [1.807, 2.05) is 38.1 Å². The van der Waals surface area contributed by atoms with Gasteiger partial charge in [-0.25, -0.2) is 0 Å². The first-order chi connectivity index (χ1) is 13.5. The monoisotopic (exact) mass is 402 g/mol. The first kappa shape index (κ1) is 21.6. The largest absolute Gasteiger partial charge is 0.497 e. The highest BCUT2D eigenvalue weighted by Gasteiger charge is 2.17. The van der Waals surface area contributed by atoms with Gasteiger partial charge in [-0.3, -0.25) is 9.59 Å². The Kier molecular flexibility index (Phi) is 8.19. The zero-order valence-electron chi connectivity index (χ0n) is 16.6. The second kappa shape index (κ2) is 10.6. The van der Waals surface area contributed by atoms with E-state index in [0.717, 1.165) is 17.0 Å². The van der Waals surface area contributed by atoms with Gasteiger partial charge in [-0.1, -0.05) is 13.0 Å². The van der Waals surface area contributed by atoms with Crippen LogP contribution in [0.15, 0.2) is 47.4 Å². The number of benzene rings is 2. The molecule has 150 valence electrons. The van der Waals surface area contributed by atoms with Crippen LogP contribution >= 0.6 is 11.8 Å². The van der Waals surface area contributed by atoms with Crippen LogP contribution in [0.2, 0.25) is 0 Å². The Labute approximate surface area is 170 Å². The molecule has 7 heteroatoms. The molecule has 0 radical (unpaired) electrons. The van der Waals surface area contributed by atoms with Gasteiger partial charge in [0.2, 0.25) is 11.8 Å². The molecule has 0 aliphatic carbocycles. The van der Waals surface area contributed by atoms with Gasteiger partial charge in [0, 0.05) is 23.1 Å². The Morgan fingerprint density at radius 2 is 1.86 bits per heavy atom. The molecule has 0 aliphatic heterocycles. The molecule has 2 N–H and O–H groups in total. The van der Waals surface area contributed by atoms with Crippen molar-refractivity contribution in [3.8, 4) is 11.5 Å². The van der Waals surface area contributed by atoms with E-state index < -0.39 is 0 Å². The molecule has 0 heterocycles. The van der Waals surface area contributed by atoms with Crippen molar-refractivity contribution < 1.29 is 19.1 Å². The smallest absolute Gasteiger partial charge is 0.237 e. The first-order valence-corrected chi connectivity index (χ1v) is 9.94. The highest BCUT2D eigenvalue weighted by molar-refractivity contribution is 8.00. The summed E-state index contributed by atoms with van der Waals surface area (Å²) in [6.07, 6.45) is 1.28. The molecule has 2 aromatic rings. The predicted molar refractivity (Wildman–Crippen MR) is 113 cm³/mol. The van der Waals surface area contributed by atoms with Crippen LogP contribution in [0.3, 0.4) is 0 Å². The molecule has 0 bridgehead atoms. The van der Waals surface area contributed by atoms with Crippen LogP contribution in [0, 0.1) is 0 Å². The number of nitrogens with one attached hydrogen (secondary N) is 2. The molecule has 0 spiro atoms. The van der Waals surface area contributed by atoms with Crippen LogP contribution in [0.4, 0.5) is 11.4 Å². The number of ether oxygens (including phenoxy) is 2. The van der Waals surface area contributed by atoms with Crippen LogP contribution < -0.4 is 20.1 Å². The fourth-order valence-electron chi connectivity index (χ4n) is 2.50. The number of carbonyl (C=O) groups is 2. The summed E-state index contributed by atoms with van der Waals surface area (Å²) in [5.41, 5.74) is 1.28. The Morgan fingerprint density at radius 3 is 2.54 bits per heavy atom. The summed E-state index contributed by atoms with van der Waals surface area (Å²) in [6, 6.07) is 12.7. The van der Waals surface area contributed by atoms with Gasteiger partial charge in [-0.05, 0) is 43.7 Å². The quantitative estimate of drug-likeness (QED) is 0.601. The Hall–Kier alpha value is -2.67. The van der Waals surface area contributed by atoms with E-state index in [0.29, 0.717) is 23.6 Å². The number of hydrogen-bond acceptors (Lipinski definition) is 5. The summed E-state index contributed by atoms with van der Waals surface area (Å²) in [6.45, 7) is 3.79. The molecule has 0 aliphatic rings. The van der Waals surface area contributed by atoms with Crippen molar-refractivity contribution >= 4 is 35.0 Å². The van der Waals surface area contributed by atoms with Crippen LogP contribution in [0.5, 0.6) is 11.5 Å². The van der Waals surface area contributed by atoms with Crippen molar-refractivity contribution in [2.45, 2.75) is 36.8 Å².